The number of nitrogen functional groups attached to an aromatic ring is 1. The predicted molar refractivity (Wildman–Crippen MR) is 113 cm³/mol. The molecule has 0 fully saturated rings. The summed E-state index contributed by atoms with van der Waals surface area (Å²) >= 11 is 13.3. The lowest BCUT2D eigenvalue weighted by molar-refractivity contribution is 0.130. The molecule has 0 spiro atoms. The summed E-state index contributed by atoms with van der Waals surface area (Å²) in [5.74, 6) is -0.362. The number of benzene rings is 2. The summed E-state index contributed by atoms with van der Waals surface area (Å²) in [5.41, 5.74) is 6.99. The third kappa shape index (κ3) is 5.23. The lowest BCUT2D eigenvalue weighted by Gasteiger charge is -2.08. The minimum absolute atomic E-state index is 0.0623. The maximum atomic E-state index is 12.7. The average molecular weight is 456 g/mol. The second kappa shape index (κ2) is 8.91. The number of rotatable bonds is 7. The first-order valence-corrected chi connectivity index (χ1v) is 11.2. The molecular formula is C18H15Cl2N3O3S2. The topological polar surface area (TPSA) is 94.6 Å². The van der Waals surface area contributed by atoms with E-state index in [0.717, 1.165) is 0 Å². The first-order chi connectivity index (χ1) is 13.3. The van der Waals surface area contributed by atoms with E-state index in [0.29, 0.717) is 26.3 Å². The van der Waals surface area contributed by atoms with Crippen LogP contribution in [0.15, 0.2) is 64.1 Å². The van der Waals surface area contributed by atoms with Gasteiger partial charge in [0.1, 0.15) is 23.1 Å². The number of anilines is 1. The van der Waals surface area contributed by atoms with E-state index >= 15 is 0 Å². The van der Waals surface area contributed by atoms with Crippen LogP contribution in [-0.4, -0.2) is 24.9 Å². The highest BCUT2D eigenvalue weighted by Crippen LogP contribution is 2.22. The first-order valence-electron chi connectivity index (χ1n) is 7.96. The van der Waals surface area contributed by atoms with E-state index in [1.54, 1.807) is 29.8 Å². The Morgan fingerprint density at radius 1 is 1.18 bits per heavy atom. The summed E-state index contributed by atoms with van der Waals surface area (Å²) in [6, 6.07) is 11.0. The zero-order valence-electron chi connectivity index (χ0n) is 14.4. The largest absolute Gasteiger partial charge is 0.399 e. The normalized spacial score (nSPS) is 12.1. The molecule has 2 aromatic carbocycles. The summed E-state index contributed by atoms with van der Waals surface area (Å²) in [6.45, 7) is 0.0623. The maximum Gasteiger partial charge on any atom is 0.184 e. The molecule has 3 aromatic rings. The molecule has 10 heteroatoms. The van der Waals surface area contributed by atoms with Crippen LogP contribution < -0.4 is 5.73 Å². The van der Waals surface area contributed by atoms with Crippen LogP contribution in [0.2, 0.25) is 10.0 Å². The van der Waals surface area contributed by atoms with Gasteiger partial charge in [-0.15, -0.1) is 11.3 Å². The van der Waals surface area contributed by atoms with Gasteiger partial charge in [-0.3, -0.25) is 0 Å². The van der Waals surface area contributed by atoms with Crippen LogP contribution in [0.4, 0.5) is 5.69 Å². The van der Waals surface area contributed by atoms with Crippen molar-refractivity contribution in [1.29, 1.82) is 0 Å². The molecule has 3 rings (SSSR count). The number of hydrogen-bond acceptors (Lipinski definition) is 7. The highest BCUT2D eigenvalue weighted by molar-refractivity contribution is 7.92. The molecule has 0 aliphatic heterocycles. The maximum absolute atomic E-state index is 12.7. The van der Waals surface area contributed by atoms with Crippen molar-refractivity contribution in [3.05, 3.63) is 74.7 Å². The van der Waals surface area contributed by atoms with Crippen molar-refractivity contribution in [2.24, 2.45) is 5.16 Å². The molecule has 146 valence electrons. The van der Waals surface area contributed by atoms with Crippen molar-refractivity contribution in [1.82, 2.24) is 4.98 Å². The Bertz CT molecular complexity index is 1080. The number of sulfone groups is 1. The van der Waals surface area contributed by atoms with Crippen LogP contribution >= 0.6 is 34.5 Å². The molecular weight excluding hydrogens is 441 g/mol. The van der Waals surface area contributed by atoms with Crippen molar-refractivity contribution in [2.45, 2.75) is 11.5 Å². The van der Waals surface area contributed by atoms with Crippen LogP contribution in [0.3, 0.4) is 0 Å². The fourth-order valence-electron chi connectivity index (χ4n) is 2.25. The molecule has 0 radical (unpaired) electrons. The van der Waals surface area contributed by atoms with Gasteiger partial charge in [0.25, 0.3) is 0 Å². The van der Waals surface area contributed by atoms with E-state index in [1.165, 1.54) is 35.6 Å². The molecule has 0 saturated carbocycles. The number of nitrogens with two attached hydrogens (primary N) is 1. The lowest BCUT2D eigenvalue weighted by Crippen LogP contribution is -2.18. The Labute approximate surface area is 176 Å². The van der Waals surface area contributed by atoms with E-state index in [4.69, 9.17) is 33.8 Å². The minimum Gasteiger partial charge on any atom is -0.399 e. The molecule has 0 amide bonds. The van der Waals surface area contributed by atoms with Crippen molar-refractivity contribution in [3.63, 3.8) is 0 Å². The molecule has 0 bridgehead atoms. The Morgan fingerprint density at radius 3 is 2.57 bits per heavy atom. The van der Waals surface area contributed by atoms with Crippen LogP contribution in [-0.2, 0) is 21.3 Å². The van der Waals surface area contributed by atoms with E-state index in [1.807, 2.05) is 0 Å². The average Bonchev–Trinajstić information content (AvgIpc) is 3.17. The van der Waals surface area contributed by atoms with Gasteiger partial charge in [0.15, 0.2) is 9.84 Å². The molecule has 2 N–H and O–H groups in total. The molecule has 0 unspecified atom stereocenters. The van der Waals surface area contributed by atoms with Gasteiger partial charge in [0.05, 0.1) is 4.90 Å². The summed E-state index contributed by atoms with van der Waals surface area (Å²) in [7, 11) is -3.65. The summed E-state index contributed by atoms with van der Waals surface area (Å²) in [6.07, 6.45) is 1.57. The number of nitrogens with zero attached hydrogens (tertiary/aromatic N) is 2. The predicted octanol–water partition coefficient (Wildman–Crippen LogP) is 4.43. The fourth-order valence-corrected chi connectivity index (χ4v) is 4.69. The highest BCUT2D eigenvalue weighted by atomic mass is 35.5. The molecule has 0 atom stereocenters. The third-order valence-electron chi connectivity index (χ3n) is 3.66. The number of thiazole rings is 1. The highest BCUT2D eigenvalue weighted by Gasteiger charge is 2.21. The van der Waals surface area contributed by atoms with Crippen LogP contribution in [0.5, 0.6) is 0 Å². The molecule has 1 aromatic heterocycles. The molecule has 0 saturated heterocycles. The summed E-state index contributed by atoms with van der Waals surface area (Å²) in [5, 5.41) is 7.16. The Morgan fingerprint density at radius 2 is 1.93 bits per heavy atom. The quantitative estimate of drug-likeness (QED) is 0.323. The van der Waals surface area contributed by atoms with Crippen LogP contribution in [0.1, 0.15) is 10.6 Å². The van der Waals surface area contributed by atoms with E-state index in [-0.39, 0.29) is 23.0 Å². The fraction of sp³-hybridized carbons (Fsp3) is 0.111. The SMILES string of the molecule is Nc1ccc(S(=O)(=O)C/C(=N/OCc2ccc(Cl)cc2Cl)c2nccs2)cc1. The summed E-state index contributed by atoms with van der Waals surface area (Å²) in [4.78, 5) is 9.66. The first kappa shape index (κ1) is 20.6. The molecule has 28 heavy (non-hydrogen) atoms. The van der Waals surface area contributed by atoms with Crippen molar-refractivity contribution in [3.8, 4) is 0 Å². The second-order valence-electron chi connectivity index (χ2n) is 5.71. The Hall–Kier alpha value is -2.13. The summed E-state index contributed by atoms with van der Waals surface area (Å²) < 4.78 is 25.5. The van der Waals surface area contributed by atoms with E-state index in [2.05, 4.69) is 10.1 Å². The monoisotopic (exact) mass is 455 g/mol. The van der Waals surface area contributed by atoms with Crippen LogP contribution in [0, 0.1) is 0 Å². The number of aromatic nitrogens is 1. The molecule has 0 aliphatic carbocycles. The van der Waals surface area contributed by atoms with Gasteiger partial charge in [0.2, 0.25) is 0 Å². The van der Waals surface area contributed by atoms with Gasteiger partial charge in [-0.2, -0.15) is 0 Å². The molecule has 0 aliphatic rings. The van der Waals surface area contributed by atoms with Crippen molar-refractivity contribution in [2.75, 3.05) is 11.5 Å². The van der Waals surface area contributed by atoms with Crippen LogP contribution in [0.25, 0.3) is 0 Å². The Kier molecular flexibility index (Phi) is 6.56. The van der Waals surface area contributed by atoms with Gasteiger partial charge < -0.3 is 10.6 Å². The second-order valence-corrected chi connectivity index (χ2v) is 9.44. The van der Waals surface area contributed by atoms with Crippen molar-refractivity contribution < 1.29 is 13.3 Å². The standard InChI is InChI=1S/C18H15Cl2N3O3S2/c19-13-2-1-12(16(20)9-13)10-26-23-17(18-22-7-8-27-18)11-28(24,25)15-5-3-14(21)4-6-15/h1-9H,10-11,21H2/b23-17-. The number of halogens is 2. The van der Waals surface area contributed by atoms with Crippen molar-refractivity contribution >= 4 is 55.8 Å². The molecule has 1 heterocycles. The van der Waals surface area contributed by atoms with Gasteiger partial charge in [-0.1, -0.05) is 34.4 Å². The van der Waals surface area contributed by atoms with Gasteiger partial charge in [-0.25, -0.2) is 13.4 Å². The molecule has 6 nitrogen and oxygen atoms in total. The van der Waals surface area contributed by atoms with Gasteiger partial charge in [0, 0.05) is 32.9 Å². The lowest BCUT2D eigenvalue weighted by atomic mass is 10.2. The van der Waals surface area contributed by atoms with E-state index < -0.39 is 9.84 Å². The van der Waals surface area contributed by atoms with Gasteiger partial charge >= 0.3 is 0 Å². The third-order valence-corrected chi connectivity index (χ3v) is 6.71. The Balaban J connectivity index is 1.81. The minimum atomic E-state index is -3.65. The smallest absolute Gasteiger partial charge is 0.184 e. The van der Waals surface area contributed by atoms with Gasteiger partial charge in [-0.05, 0) is 36.4 Å². The zero-order valence-corrected chi connectivity index (χ0v) is 17.5. The number of hydrogen-bond donors (Lipinski definition) is 1. The number of oxime groups is 1. The zero-order chi connectivity index (χ0) is 20.1. The van der Waals surface area contributed by atoms with E-state index in [9.17, 15) is 8.42 Å².